The number of nitrogens with two attached hydrogens (primary N) is 1. The molecule has 0 aliphatic heterocycles. The normalized spacial score (nSPS) is 12.8. The van der Waals surface area contributed by atoms with Crippen LogP contribution in [-0.2, 0) is 0 Å². The van der Waals surface area contributed by atoms with E-state index in [0.29, 0.717) is 5.56 Å². The summed E-state index contributed by atoms with van der Waals surface area (Å²) < 4.78 is 51.0. The zero-order chi connectivity index (χ0) is 11.5. The van der Waals surface area contributed by atoms with Gasteiger partial charge in [-0.2, -0.15) is 0 Å². The summed E-state index contributed by atoms with van der Waals surface area (Å²) in [5.41, 5.74) is 5.76. The second-order valence-electron chi connectivity index (χ2n) is 2.88. The van der Waals surface area contributed by atoms with E-state index in [-0.39, 0.29) is 18.2 Å². The van der Waals surface area contributed by atoms with Crippen LogP contribution in [-0.4, -0.2) is 13.0 Å². The van der Waals surface area contributed by atoms with Gasteiger partial charge >= 0.3 is 6.36 Å². The molecule has 0 bridgehead atoms. The quantitative estimate of drug-likeness (QED) is 0.847. The minimum Gasteiger partial charge on any atom is -0.406 e. The van der Waals surface area contributed by atoms with Crippen LogP contribution in [0.15, 0.2) is 24.3 Å². The number of alkyl halides is 4. The Balaban J connectivity index is 0.00000225. The summed E-state index contributed by atoms with van der Waals surface area (Å²) in [5, 5.41) is 0. The fourth-order valence-electron chi connectivity index (χ4n) is 1.01. The lowest BCUT2D eigenvalue weighted by atomic mass is 10.1. The lowest BCUT2D eigenvalue weighted by molar-refractivity contribution is -0.274. The fraction of sp³-hybridized carbons (Fsp3) is 0.333. The third kappa shape index (κ3) is 4.67. The number of rotatable bonds is 3. The summed E-state index contributed by atoms with van der Waals surface area (Å²) in [6, 6.07) is 3.97. The summed E-state index contributed by atoms with van der Waals surface area (Å²) >= 11 is 0. The SMILES string of the molecule is Cl.N[C@@H](CF)c1ccc(OC(F)(F)F)cc1. The molecule has 0 spiro atoms. The van der Waals surface area contributed by atoms with E-state index in [1.54, 1.807) is 0 Å². The van der Waals surface area contributed by atoms with Crippen molar-refractivity contribution in [1.82, 2.24) is 0 Å². The van der Waals surface area contributed by atoms with Gasteiger partial charge in [-0.3, -0.25) is 0 Å². The number of hydrogen-bond acceptors (Lipinski definition) is 2. The number of ether oxygens (including phenoxy) is 1. The van der Waals surface area contributed by atoms with Crippen LogP contribution < -0.4 is 10.5 Å². The third-order valence-electron chi connectivity index (χ3n) is 1.71. The largest absolute Gasteiger partial charge is 0.573 e. The number of benzene rings is 1. The molecule has 0 aliphatic rings. The molecule has 1 aromatic rings. The first-order valence-electron chi connectivity index (χ1n) is 4.09. The summed E-state index contributed by atoms with van der Waals surface area (Å²) in [6.07, 6.45) is -4.72. The van der Waals surface area contributed by atoms with Gasteiger partial charge in [0, 0.05) is 0 Å². The molecule has 1 atom stereocenters. The zero-order valence-corrected chi connectivity index (χ0v) is 8.82. The molecule has 0 radical (unpaired) electrons. The maximum atomic E-state index is 12.1. The van der Waals surface area contributed by atoms with E-state index >= 15 is 0 Å². The highest BCUT2D eigenvalue weighted by atomic mass is 35.5. The highest BCUT2D eigenvalue weighted by Gasteiger charge is 2.30. The molecule has 1 rings (SSSR count). The molecule has 2 nitrogen and oxygen atoms in total. The minimum absolute atomic E-state index is 0. The zero-order valence-electron chi connectivity index (χ0n) is 8.00. The van der Waals surface area contributed by atoms with Gasteiger partial charge in [0.05, 0.1) is 6.04 Å². The lowest BCUT2D eigenvalue weighted by Gasteiger charge is -2.10. The van der Waals surface area contributed by atoms with E-state index in [4.69, 9.17) is 5.73 Å². The first-order chi connectivity index (χ1) is 6.92. The minimum atomic E-state index is -4.72. The standard InChI is InChI=1S/C9H9F4NO.ClH/c10-5-8(14)6-1-3-7(4-2-6)15-9(11,12)13;/h1-4,8H,5,14H2;1H/t8-;/m0./s1. The van der Waals surface area contributed by atoms with Crippen LogP contribution in [0.1, 0.15) is 11.6 Å². The molecule has 16 heavy (non-hydrogen) atoms. The van der Waals surface area contributed by atoms with Crippen LogP contribution in [0, 0.1) is 0 Å². The second-order valence-corrected chi connectivity index (χ2v) is 2.88. The smallest absolute Gasteiger partial charge is 0.406 e. The molecule has 0 saturated carbocycles. The molecule has 0 heterocycles. The van der Waals surface area contributed by atoms with Gasteiger partial charge < -0.3 is 10.5 Å². The van der Waals surface area contributed by atoms with Crippen molar-refractivity contribution in [3.05, 3.63) is 29.8 Å². The molecule has 1 aromatic carbocycles. The second kappa shape index (κ2) is 5.91. The summed E-state index contributed by atoms with van der Waals surface area (Å²) in [5.74, 6) is -0.350. The molecule has 0 amide bonds. The maximum Gasteiger partial charge on any atom is 0.573 e. The number of halogens is 5. The van der Waals surface area contributed by atoms with Crippen LogP contribution in [0.25, 0.3) is 0 Å². The van der Waals surface area contributed by atoms with Gasteiger partial charge in [0.1, 0.15) is 12.4 Å². The lowest BCUT2D eigenvalue weighted by Crippen LogP contribution is -2.17. The molecular formula is C9H10ClF4NO. The van der Waals surface area contributed by atoms with Crippen molar-refractivity contribution in [3.63, 3.8) is 0 Å². The van der Waals surface area contributed by atoms with E-state index in [9.17, 15) is 17.6 Å². The average Bonchev–Trinajstić information content (AvgIpc) is 2.15. The van der Waals surface area contributed by atoms with Gasteiger partial charge in [-0.05, 0) is 17.7 Å². The van der Waals surface area contributed by atoms with Crippen molar-refractivity contribution in [3.8, 4) is 5.75 Å². The molecule has 0 fully saturated rings. The monoisotopic (exact) mass is 259 g/mol. The van der Waals surface area contributed by atoms with Crippen LogP contribution in [0.5, 0.6) is 5.75 Å². The van der Waals surface area contributed by atoms with Crippen LogP contribution in [0.3, 0.4) is 0 Å². The van der Waals surface area contributed by atoms with Crippen molar-refractivity contribution >= 4 is 12.4 Å². The Labute approximate surface area is 95.8 Å². The Morgan fingerprint density at radius 2 is 1.69 bits per heavy atom. The molecule has 7 heteroatoms. The Bertz CT molecular complexity index is 314. The van der Waals surface area contributed by atoms with E-state index in [1.165, 1.54) is 12.1 Å². The molecule has 2 N–H and O–H groups in total. The Kier molecular flexibility index (Phi) is 5.53. The summed E-state index contributed by atoms with van der Waals surface area (Å²) in [6.45, 7) is -0.764. The Morgan fingerprint density at radius 3 is 2.06 bits per heavy atom. The van der Waals surface area contributed by atoms with Gasteiger partial charge in [-0.25, -0.2) is 4.39 Å². The predicted molar refractivity (Wildman–Crippen MR) is 53.3 cm³/mol. The van der Waals surface area contributed by atoms with E-state index in [0.717, 1.165) is 12.1 Å². The van der Waals surface area contributed by atoms with Crippen molar-refractivity contribution in [2.75, 3.05) is 6.67 Å². The van der Waals surface area contributed by atoms with Crippen molar-refractivity contribution < 1.29 is 22.3 Å². The van der Waals surface area contributed by atoms with Crippen LogP contribution in [0.2, 0.25) is 0 Å². The van der Waals surface area contributed by atoms with Crippen LogP contribution >= 0.6 is 12.4 Å². The van der Waals surface area contributed by atoms with Crippen molar-refractivity contribution in [1.29, 1.82) is 0 Å². The first-order valence-corrected chi connectivity index (χ1v) is 4.09. The Morgan fingerprint density at radius 1 is 1.19 bits per heavy atom. The van der Waals surface area contributed by atoms with Gasteiger partial charge in [-0.15, -0.1) is 25.6 Å². The van der Waals surface area contributed by atoms with Gasteiger partial charge in [-0.1, -0.05) is 12.1 Å². The topological polar surface area (TPSA) is 35.2 Å². The molecule has 0 aromatic heterocycles. The molecule has 0 saturated heterocycles. The van der Waals surface area contributed by atoms with Gasteiger partial charge in [0.2, 0.25) is 0 Å². The maximum absolute atomic E-state index is 12.1. The molecular weight excluding hydrogens is 250 g/mol. The van der Waals surface area contributed by atoms with E-state index < -0.39 is 19.1 Å². The average molecular weight is 260 g/mol. The first kappa shape index (κ1) is 15.0. The highest BCUT2D eigenvalue weighted by Crippen LogP contribution is 2.23. The predicted octanol–water partition coefficient (Wildman–Crippen LogP) is 2.98. The van der Waals surface area contributed by atoms with E-state index in [1.807, 2.05) is 0 Å². The van der Waals surface area contributed by atoms with E-state index in [2.05, 4.69) is 4.74 Å². The fourth-order valence-corrected chi connectivity index (χ4v) is 1.01. The van der Waals surface area contributed by atoms with Crippen molar-refractivity contribution in [2.24, 2.45) is 5.73 Å². The van der Waals surface area contributed by atoms with Crippen molar-refractivity contribution in [2.45, 2.75) is 12.4 Å². The molecule has 0 aliphatic carbocycles. The highest BCUT2D eigenvalue weighted by molar-refractivity contribution is 5.85. The Hall–Kier alpha value is -1.01. The van der Waals surface area contributed by atoms with Crippen LogP contribution in [0.4, 0.5) is 17.6 Å². The van der Waals surface area contributed by atoms with Gasteiger partial charge in [0.25, 0.3) is 0 Å². The summed E-state index contributed by atoms with van der Waals surface area (Å²) in [7, 11) is 0. The molecule has 0 unspecified atom stereocenters. The molecule has 92 valence electrons. The number of hydrogen-bond donors (Lipinski definition) is 1. The van der Waals surface area contributed by atoms with Gasteiger partial charge in [0.15, 0.2) is 0 Å². The summed E-state index contributed by atoms with van der Waals surface area (Å²) in [4.78, 5) is 0. The third-order valence-corrected chi connectivity index (χ3v) is 1.71.